The van der Waals surface area contributed by atoms with Gasteiger partial charge in [-0.25, -0.2) is 0 Å². The van der Waals surface area contributed by atoms with E-state index >= 15 is 0 Å². The summed E-state index contributed by atoms with van der Waals surface area (Å²) in [4.78, 5) is 25.0. The number of hydrogen-bond donors (Lipinski definition) is 1. The second-order valence-electron chi connectivity index (χ2n) is 7.35. The summed E-state index contributed by atoms with van der Waals surface area (Å²) in [5.74, 6) is 0.808. The van der Waals surface area contributed by atoms with E-state index in [1.165, 1.54) is 6.26 Å². The van der Waals surface area contributed by atoms with E-state index < -0.39 is 0 Å². The standard InChI is InChI=1S/C26H23NO5/c1-3-18-6-4-5-7-22(18)27-25(28)16-30-20-12-13-21-23(14-20)31-15-24(26(21)29)32-19-10-8-17(2)9-11-19/h4-15H,3,16H2,1-2H3,(H,27,28). The second kappa shape index (κ2) is 9.39. The van der Waals surface area contributed by atoms with Crippen molar-refractivity contribution in [2.75, 3.05) is 11.9 Å². The Bertz CT molecular complexity index is 1310. The van der Waals surface area contributed by atoms with Crippen molar-refractivity contribution >= 4 is 22.6 Å². The molecule has 0 spiro atoms. The highest BCUT2D eigenvalue weighted by Crippen LogP contribution is 2.24. The molecule has 0 aliphatic rings. The van der Waals surface area contributed by atoms with Gasteiger partial charge in [0.05, 0.1) is 5.39 Å². The molecule has 0 fully saturated rings. The molecular formula is C26H23NO5. The molecule has 0 radical (unpaired) electrons. The topological polar surface area (TPSA) is 77.8 Å². The highest BCUT2D eigenvalue weighted by molar-refractivity contribution is 5.92. The van der Waals surface area contributed by atoms with Gasteiger partial charge in [-0.3, -0.25) is 9.59 Å². The Labute approximate surface area is 185 Å². The molecule has 0 aliphatic heterocycles. The van der Waals surface area contributed by atoms with E-state index in [4.69, 9.17) is 13.9 Å². The van der Waals surface area contributed by atoms with Crippen LogP contribution >= 0.6 is 0 Å². The second-order valence-corrected chi connectivity index (χ2v) is 7.35. The van der Waals surface area contributed by atoms with E-state index in [1.807, 2.05) is 50.2 Å². The Morgan fingerprint density at radius 3 is 2.53 bits per heavy atom. The lowest BCUT2D eigenvalue weighted by atomic mass is 10.1. The SMILES string of the molecule is CCc1ccccc1NC(=O)COc1ccc2c(=O)c(Oc3ccc(C)cc3)coc2c1. The average molecular weight is 429 g/mol. The molecule has 0 saturated heterocycles. The highest BCUT2D eigenvalue weighted by Gasteiger charge is 2.12. The van der Waals surface area contributed by atoms with E-state index in [9.17, 15) is 9.59 Å². The van der Waals surface area contributed by atoms with Crippen LogP contribution in [0.15, 0.2) is 82.2 Å². The minimum atomic E-state index is -0.285. The fourth-order valence-electron chi connectivity index (χ4n) is 3.27. The number of hydrogen-bond acceptors (Lipinski definition) is 5. The first-order valence-corrected chi connectivity index (χ1v) is 10.3. The van der Waals surface area contributed by atoms with Crippen LogP contribution in [0, 0.1) is 6.92 Å². The molecule has 4 rings (SSSR count). The lowest BCUT2D eigenvalue weighted by molar-refractivity contribution is -0.118. The van der Waals surface area contributed by atoms with Crippen molar-refractivity contribution < 1.29 is 18.7 Å². The zero-order chi connectivity index (χ0) is 22.5. The fourth-order valence-corrected chi connectivity index (χ4v) is 3.27. The summed E-state index contributed by atoms with van der Waals surface area (Å²) in [5.41, 5.74) is 2.98. The third-order valence-electron chi connectivity index (χ3n) is 5.01. The number of nitrogens with one attached hydrogen (secondary N) is 1. The average Bonchev–Trinajstić information content (AvgIpc) is 2.81. The first-order chi connectivity index (χ1) is 15.5. The summed E-state index contributed by atoms with van der Waals surface area (Å²) < 4.78 is 16.8. The van der Waals surface area contributed by atoms with Crippen molar-refractivity contribution in [2.45, 2.75) is 20.3 Å². The van der Waals surface area contributed by atoms with Gasteiger partial charge in [0.25, 0.3) is 5.91 Å². The first kappa shape index (κ1) is 21.2. The van der Waals surface area contributed by atoms with Gasteiger partial charge in [-0.05, 0) is 49.2 Å². The van der Waals surface area contributed by atoms with Crippen molar-refractivity contribution in [1.82, 2.24) is 0 Å². The molecule has 0 unspecified atom stereocenters. The zero-order valence-corrected chi connectivity index (χ0v) is 17.9. The molecule has 1 aromatic heterocycles. The van der Waals surface area contributed by atoms with E-state index in [2.05, 4.69) is 5.32 Å². The Hall–Kier alpha value is -4.06. The third kappa shape index (κ3) is 4.81. The Balaban J connectivity index is 1.45. The molecule has 3 aromatic carbocycles. The molecule has 0 atom stereocenters. The molecule has 0 saturated carbocycles. The van der Waals surface area contributed by atoms with Crippen molar-refractivity contribution in [1.29, 1.82) is 0 Å². The van der Waals surface area contributed by atoms with Crippen LogP contribution in [0.4, 0.5) is 5.69 Å². The predicted molar refractivity (Wildman–Crippen MR) is 124 cm³/mol. The van der Waals surface area contributed by atoms with Crippen molar-refractivity contribution in [2.24, 2.45) is 0 Å². The maximum Gasteiger partial charge on any atom is 0.262 e. The van der Waals surface area contributed by atoms with Gasteiger partial charge in [0.2, 0.25) is 11.2 Å². The van der Waals surface area contributed by atoms with E-state index in [-0.39, 0.29) is 23.7 Å². The molecule has 6 nitrogen and oxygen atoms in total. The maximum absolute atomic E-state index is 12.8. The van der Waals surface area contributed by atoms with Gasteiger partial charge in [0.15, 0.2) is 6.61 Å². The zero-order valence-electron chi connectivity index (χ0n) is 17.9. The number of carbonyl (C=O) groups excluding carboxylic acids is 1. The quantitative estimate of drug-likeness (QED) is 0.421. The van der Waals surface area contributed by atoms with Crippen molar-refractivity contribution in [3.05, 3.63) is 94.3 Å². The molecule has 0 bridgehead atoms. The summed E-state index contributed by atoms with van der Waals surface area (Å²) in [7, 11) is 0. The minimum absolute atomic E-state index is 0.101. The molecule has 6 heteroatoms. The van der Waals surface area contributed by atoms with E-state index in [0.717, 1.165) is 23.2 Å². The molecule has 32 heavy (non-hydrogen) atoms. The number of rotatable bonds is 7. The number of amides is 1. The maximum atomic E-state index is 12.8. The molecule has 4 aromatic rings. The van der Waals surface area contributed by atoms with Crippen LogP contribution in [-0.2, 0) is 11.2 Å². The number of ether oxygens (including phenoxy) is 2. The van der Waals surface area contributed by atoms with Gasteiger partial charge in [-0.2, -0.15) is 0 Å². The third-order valence-corrected chi connectivity index (χ3v) is 5.01. The Kier molecular flexibility index (Phi) is 6.22. The van der Waals surface area contributed by atoms with Crippen LogP contribution in [-0.4, -0.2) is 12.5 Å². The van der Waals surface area contributed by atoms with Gasteiger partial charge in [0.1, 0.15) is 23.3 Å². The van der Waals surface area contributed by atoms with Crippen molar-refractivity contribution in [3.63, 3.8) is 0 Å². The lowest BCUT2D eigenvalue weighted by Gasteiger charge is -2.11. The summed E-state index contributed by atoms with van der Waals surface area (Å²) in [6.07, 6.45) is 2.10. The molecule has 0 aliphatic carbocycles. The summed E-state index contributed by atoms with van der Waals surface area (Å²) in [6.45, 7) is 3.84. The number of para-hydroxylation sites is 1. The molecule has 162 valence electrons. The van der Waals surface area contributed by atoms with E-state index in [1.54, 1.807) is 30.3 Å². The van der Waals surface area contributed by atoms with Gasteiger partial charge in [-0.15, -0.1) is 0 Å². The summed E-state index contributed by atoms with van der Waals surface area (Å²) >= 11 is 0. The van der Waals surface area contributed by atoms with Crippen LogP contribution in [0.1, 0.15) is 18.1 Å². The fraction of sp³-hybridized carbons (Fsp3) is 0.154. The number of anilines is 1. The normalized spacial score (nSPS) is 10.7. The van der Waals surface area contributed by atoms with Gasteiger partial charge in [-0.1, -0.05) is 42.8 Å². The summed E-state index contributed by atoms with van der Waals surface area (Å²) in [5, 5.41) is 3.22. The van der Waals surface area contributed by atoms with Crippen LogP contribution in [0.5, 0.6) is 17.2 Å². The van der Waals surface area contributed by atoms with Gasteiger partial charge < -0.3 is 19.2 Å². The highest BCUT2D eigenvalue weighted by atomic mass is 16.5. The smallest absolute Gasteiger partial charge is 0.262 e. The number of carbonyl (C=O) groups is 1. The number of fused-ring (bicyclic) bond motifs is 1. The number of aryl methyl sites for hydroxylation is 2. The van der Waals surface area contributed by atoms with Crippen LogP contribution in [0.25, 0.3) is 11.0 Å². The minimum Gasteiger partial charge on any atom is -0.484 e. The Morgan fingerprint density at radius 2 is 1.75 bits per heavy atom. The predicted octanol–water partition coefficient (Wildman–Crippen LogP) is 5.47. The molecular weight excluding hydrogens is 406 g/mol. The van der Waals surface area contributed by atoms with Crippen LogP contribution < -0.4 is 20.2 Å². The largest absolute Gasteiger partial charge is 0.484 e. The first-order valence-electron chi connectivity index (χ1n) is 10.3. The summed E-state index contributed by atoms with van der Waals surface area (Å²) in [6, 6.07) is 19.8. The Morgan fingerprint density at radius 1 is 1.00 bits per heavy atom. The molecule has 1 heterocycles. The lowest BCUT2D eigenvalue weighted by Crippen LogP contribution is -2.20. The molecule has 1 N–H and O–H groups in total. The molecule has 1 amide bonds. The van der Waals surface area contributed by atoms with Gasteiger partial charge >= 0.3 is 0 Å². The monoisotopic (exact) mass is 429 g/mol. The van der Waals surface area contributed by atoms with Crippen LogP contribution in [0.2, 0.25) is 0 Å². The van der Waals surface area contributed by atoms with Crippen LogP contribution in [0.3, 0.4) is 0 Å². The van der Waals surface area contributed by atoms with E-state index in [0.29, 0.717) is 22.5 Å². The van der Waals surface area contributed by atoms with Crippen molar-refractivity contribution in [3.8, 4) is 17.2 Å². The van der Waals surface area contributed by atoms with Gasteiger partial charge in [0, 0.05) is 11.8 Å². The number of benzene rings is 3.